The van der Waals surface area contributed by atoms with Crippen molar-refractivity contribution < 1.29 is 14.3 Å². The minimum atomic E-state index is -0.657. The summed E-state index contributed by atoms with van der Waals surface area (Å²) in [6.07, 6.45) is 6.30. The smallest absolute Gasteiger partial charge is 0.350 e. The number of ether oxygens (including phenoxy) is 1. The molecule has 1 aromatic rings. The summed E-state index contributed by atoms with van der Waals surface area (Å²) < 4.78 is 5.56. The lowest BCUT2D eigenvalue weighted by Crippen LogP contribution is -2.52. The molecule has 0 aliphatic heterocycles. The molecule has 24 heavy (non-hydrogen) atoms. The van der Waals surface area contributed by atoms with Gasteiger partial charge in [0.15, 0.2) is 11.9 Å². The van der Waals surface area contributed by atoms with E-state index in [1.54, 1.807) is 6.92 Å². The average Bonchev–Trinajstić information content (AvgIpc) is 2.83. The minimum Gasteiger partial charge on any atom is -0.450 e. The first kappa shape index (κ1) is 16.2. The molecule has 1 aromatic heterocycles. The lowest BCUT2D eigenvalue weighted by molar-refractivity contribution is -0.152. The van der Waals surface area contributed by atoms with E-state index in [0.717, 1.165) is 42.0 Å². The number of aromatic nitrogens is 1. The van der Waals surface area contributed by atoms with Crippen molar-refractivity contribution in [3.05, 3.63) is 15.6 Å². The van der Waals surface area contributed by atoms with E-state index in [9.17, 15) is 9.59 Å². The summed E-state index contributed by atoms with van der Waals surface area (Å²) in [7, 11) is 0. The van der Waals surface area contributed by atoms with Crippen molar-refractivity contribution in [2.75, 3.05) is 0 Å². The van der Waals surface area contributed by atoms with Crippen LogP contribution < -0.4 is 0 Å². The standard InChI is InChI=1S/C19H25NO3S/c1-10-16(24-12(3)20-10)18(22)23-11(2)17(21)19-7-13-4-14(8-19)6-15(5-13)9-19/h11,13-15H,4-9H2,1-3H3. The van der Waals surface area contributed by atoms with Crippen molar-refractivity contribution >= 4 is 23.1 Å². The highest BCUT2D eigenvalue weighted by atomic mass is 32.1. The number of esters is 1. The van der Waals surface area contributed by atoms with Crippen LogP contribution in [0.2, 0.25) is 0 Å². The van der Waals surface area contributed by atoms with Gasteiger partial charge in [-0.2, -0.15) is 0 Å². The van der Waals surface area contributed by atoms with Crippen molar-refractivity contribution in [3.63, 3.8) is 0 Å². The van der Waals surface area contributed by atoms with Gasteiger partial charge in [-0.05, 0) is 77.0 Å². The first-order valence-corrected chi connectivity index (χ1v) is 9.87. The summed E-state index contributed by atoms with van der Waals surface area (Å²) in [5, 5.41) is 0.847. The third kappa shape index (κ3) is 2.61. The van der Waals surface area contributed by atoms with Gasteiger partial charge in [-0.15, -0.1) is 11.3 Å². The number of hydrogen-bond acceptors (Lipinski definition) is 5. The van der Waals surface area contributed by atoms with Crippen LogP contribution >= 0.6 is 11.3 Å². The molecule has 1 atom stereocenters. The summed E-state index contributed by atoms with van der Waals surface area (Å²) in [6.45, 7) is 5.44. The van der Waals surface area contributed by atoms with Crippen molar-refractivity contribution in [3.8, 4) is 0 Å². The Morgan fingerprint density at radius 3 is 2.12 bits per heavy atom. The van der Waals surface area contributed by atoms with Gasteiger partial charge in [0.25, 0.3) is 0 Å². The Hall–Kier alpha value is -1.23. The number of thiazole rings is 1. The van der Waals surface area contributed by atoms with E-state index >= 15 is 0 Å². The number of carbonyl (C=O) groups is 2. The molecular formula is C19H25NO3S. The second kappa shape index (κ2) is 5.65. The minimum absolute atomic E-state index is 0.161. The molecule has 1 unspecified atom stereocenters. The Labute approximate surface area is 147 Å². The molecule has 0 radical (unpaired) electrons. The second-order valence-corrected chi connectivity index (χ2v) is 9.46. The lowest BCUT2D eigenvalue weighted by Gasteiger charge is -2.56. The first-order chi connectivity index (χ1) is 11.4. The topological polar surface area (TPSA) is 56.3 Å². The molecule has 130 valence electrons. The number of ketones is 1. The molecule has 4 fully saturated rings. The lowest BCUT2D eigenvalue weighted by atomic mass is 9.48. The van der Waals surface area contributed by atoms with Gasteiger partial charge in [0.2, 0.25) is 0 Å². The average molecular weight is 347 g/mol. The maximum Gasteiger partial charge on any atom is 0.350 e. The van der Waals surface area contributed by atoms with Gasteiger partial charge in [-0.25, -0.2) is 9.78 Å². The number of Topliss-reactive ketones (excluding diaryl/α,β-unsaturated/α-hetero) is 1. The molecule has 1 heterocycles. The fourth-order valence-electron chi connectivity index (χ4n) is 5.83. The molecule has 5 heteroatoms. The van der Waals surface area contributed by atoms with Crippen LogP contribution in [0.4, 0.5) is 0 Å². The van der Waals surface area contributed by atoms with Gasteiger partial charge in [-0.1, -0.05) is 0 Å². The van der Waals surface area contributed by atoms with Crippen LogP contribution in [-0.4, -0.2) is 22.8 Å². The van der Waals surface area contributed by atoms with Crippen LogP contribution in [0.3, 0.4) is 0 Å². The second-order valence-electron chi connectivity index (χ2n) is 8.26. The number of aryl methyl sites for hydroxylation is 2. The summed E-state index contributed by atoms with van der Waals surface area (Å²) in [4.78, 5) is 30.4. The van der Waals surface area contributed by atoms with E-state index in [1.807, 2.05) is 13.8 Å². The predicted octanol–water partition coefficient (Wildman–Crippen LogP) is 4.09. The highest BCUT2D eigenvalue weighted by Gasteiger charge is 2.55. The van der Waals surface area contributed by atoms with Crippen molar-refractivity contribution in [2.24, 2.45) is 23.2 Å². The summed E-state index contributed by atoms with van der Waals surface area (Å²) in [5.41, 5.74) is 0.476. The molecular weight excluding hydrogens is 322 g/mol. The first-order valence-electron chi connectivity index (χ1n) is 9.05. The summed E-state index contributed by atoms with van der Waals surface area (Å²) in [6, 6.07) is 0. The fourth-order valence-corrected chi connectivity index (χ4v) is 6.63. The van der Waals surface area contributed by atoms with E-state index < -0.39 is 12.1 Å². The number of nitrogens with zero attached hydrogens (tertiary/aromatic N) is 1. The zero-order valence-corrected chi connectivity index (χ0v) is 15.4. The Morgan fingerprint density at radius 2 is 1.67 bits per heavy atom. The molecule has 4 nitrogen and oxygen atoms in total. The number of carbonyl (C=O) groups excluding carboxylic acids is 2. The highest BCUT2D eigenvalue weighted by Crippen LogP contribution is 2.60. The summed E-state index contributed by atoms with van der Waals surface area (Å²) in [5.74, 6) is 1.91. The van der Waals surface area contributed by atoms with Crippen LogP contribution in [0.15, 0.2) is 0 Å². The van der Waals surface area contributed by atoms with E-state index in [4.69, 9.17) is 4.74 Å². The molecule has 4 saturated carbocycles. The van der Waals surface area contributed by atoms with Gasteiger partial charge in [0.05, 0.1) is 10.7 Å². The SMILES string of the molecule is Cc1nc(C)c(C(=O)OC(C)C(=O)C23CC4CC(CC(C4)C2)C3)s1. The van der Waals surface area contributed by atoms with Crippen molar-refractivity contribution in [1.29, 1.82) is 0 Å². The van der Waals surface area contributed by atoms with Gasteiger partial charge < -0.3 is 4.74 Å². The fraction of sp³-hybridized carbons (Fsp3) is 0.737. The van der Waals surface area contributed by atoms with Crippen LogP contribution in [0.1, 0.15) is 65.8 Å². The molecule has 0 spiro atoms. The zero-order valence-electron chi connectivity index (χ0n) is 14.6. The Morgan fingerprint density at radius 1 is 1.12 bits per heavy atom. The molecule has 0 saturated heterocycles. The normalized spacial score (nSPS) is 35.0. The van der Waals surface area contributed by atoms with Gasteiger partial charge >= 0.3 is 5.97 Å². The van der Waals surface area contributed by atoms with Crippen LogP contribution in [0, 0.1) is 37.0 Å². The zero-order chi connectivity index (χ0) is 17.1. The predicted molar refractivity (Wildman–Crippen MR) is 92.1 cm³/mol. The quantitative estimate of drug-likeness (QED) is 0.770. The molecule has 4 bridgehead atoms. The van der Waals surface area contributed by atoms with Crippen LogP contribution in [0.25, 0.3) is 0 Å². The molecule has 0 aromatic carbocycles. The third-order valence-corrected chi connectivity index (χ3v) is 7.36. The maximum absolute atomic E-state index is 13.2. The van der Waals surface area contributed by atoms with Crippen LogP contribution in [0.5, 0.6) is 0 Å². The van der Waals surface area contributed by atoms with Gasteiger partial charge in [0, 0.05) is 5.41 Å². The maximum atomic E-state index is 13.2. The van der Waals surface area contributed by atoms with E-state index in [-0.39, 0.29) is 11.2 Å². The van der Waals surface area contributed by atoms with E-state index in [2.05, 4.69) is 4.98 Å². The van der Waals surface area contributed by atoms with Gasteiger partial charge in [0.1, 0.15) is 4.88 Å². The molecule has 5 rings (SSSR count). The Bertz CT molecular complexity index is 657. The molecule has 0 amide bonds. The van der Waals surface area contributed by atoms with Crippen molar-refractivity contribution in [1.82, 2.24) is 4.98 Å². The van der Waals surface area contributed by atoms with Gasteiger partial charge in [-0.3, -0.25) is 4.79 Å². The molecule has 0 N–H and O–H groups in total. The van der Waals surface area contributed by atoms with E-state index in [0.29, 0.717) is 10.6 Å². The number of hydrogen-bond donors (Lipinski definition) is 0. The van der Waals surface area contributed by atoms with E-state index in [1.165, 1.54) is 30.6 Å². The Balaban J connectivity index is 1.48. The van der Waals surface area contributed by atoms with Crippen molar-refractivity contribution in [2.45, 2.75) is 65.4 Å². The van der Waals surface area contributed by atoms with Crippen LogP contribution in [-0.2, 0) is 9.53 Å². The Kier molecular flexibility index (Phi) is 3.83. The molecule has 4 aliphatic carbocycles. The monoisotopic (exact) mass is 347 g/mol. The number of rotatable bonds is 4. The highest BCUT2D eigenvalue weighted by molar-refractivity contribution is 7.13. The largest absolute Gasteiger partial charge is 0.450 e. The molecule has 4 aliphatic rings. The summed E-state index contributed by atoms with van der Waals surface area (Å²) >= 11 is 1.34. The third-order valence-electron chi connectivity index (χ3n) is 6.30.